The Morgan fingerprint density at radius 3 is 0.600 bits per heavy atom. The van der Waals surface area contributed by atoms with Crippen molar-refractivity contribution in [1.82, 2.24) is 0 Å². The van der Waals surface area contributed by atoms with Crippen molar-refractivity contribution in [2.75, 3.05) is 0 Å². The van der Waals surface area contributed by atoms with E-state index in [1.807, 2.05) is 0 Å². The maximum Gasteiger partial charge on any atom is 0.0418 e. The molecule has 0 N–H and O–H groups in total. The topological polar surface area (TPSA) is 0 Å². The summed E-state index contributed by atoms with van der Waals surface area (Å²) in [5.74, 6) is 0. The molecule has 0 heterocycles. The lowest BCUT2D eigenvalue weighted by atomic mass is 10.4. The molecule has 0 aromatic carbocycles. The predicted octanol–water partition coefficient (Wildman–Crippen LogP) is 3.82. The van der Waals surface area contributed by atoms with Crippen molar-refractivity contribution in [2.45, 2.75) is 24.1 Å². The highest BCUT2D eigenvalue weighted by Gasteiger charge is 2.44. The smallest absolute Gasteiger partial charge is 0.0418 e. The van der Waals surface area contributed by atoms with E-state index in [0.29, 0.717) is 24.1 Å². The van der Waals surface area contributed by atoms with Crippen molar-refractivity contribution in [1.29, 1.82) is 0 Å². The number of halogens is 5. The molecule has 0 aromatic heterocycles. The van der Waals surface area contributed by atoms with Crippen LogP contribution in [0.2, 0.25) is 0 Å². The molecule has 1 saturated carbocycles. The molecule has 0 bridgehead atoms. The Kier molecular flexibility index (Phi) is 4.27. The molecule has 0 saturated heterocycles. The van der Waals surface area contributed by atoms with Crippen LogP contribution in [0.3, 0.4) is 0 Å². The Labute approximate surface area is 103 Å². The van der Waals surface area contributed by atoms with Crippen LogP contribution in [-0.2, 0) is 0 Å². The maximum absolute atomic E-state index is 3.60. The van der Waals surface area contributed by atoms with Gasteiger partial charge in [0.2, 0.25) is 0 Å². The van der Waals surface area contributed by atoms with E-state index in [1.54, 1.807) is 0 Å². The molecule has 0 unspecified atom stereocenters. The van der Waals surface area contributed by atoms with Gasteiger partial charge in [-0.1, -0.05) is 79.6 Å². The summed E-state index contributed by atoms with van der Waals surface area (Å²) in [6, 6.07) is 0. The van der Waals surface area contributed by atoms with Crippen molar-refractivity contribution in [3.05, 3.63) is 0 Å². The molecule has 0 spiro atoms. The average molecular weight is 465 g/mol. The largest absolute Gasteiger partial charge is 0.0865 e. The Morgan fingerprint density at radius 1 is 0.400 bits per heavy atom. The first kappa shape index (κ1) is 10.5. The minimum Gasteiger partial charge on any atom is -0.0865 e. The standard InChI is InChI=1S/C5H5Br5/c6-1-2(7)4(9)5(10)3(1)8/h1-5H. The van der Waals surface area contributed by atoms with E-state index in [2.05, 4.69) is 79.6 Å². The summed E-state index contributed by atoms with van der Waals surface area (Å²) in [7, 11) is 0. The fourth-order valence-electron chi connectivity index (χ4n) is 0.878. The van der Waals surface area contributed by atoms with Gasteiger partial charge in [-0.15, -0.1) is 0 Å². The molecule has 0 amide bonds. The van der Waals surface area contributed by atoms with E-state index in [4.69, 9.17) is 0 Å². The summed E-state index contributed by atoms with van der Waals surface area (Å²) < 4.78 is 0. The Morgan fingerprint density at radius 2 is 0.500 bits per heavy atom. The van der Waals surface area contributed by atoms with Crippen LogP contribution in [-0.4, -0.2) is 24.1 Å². The highest BCUT2D eigenvalue weighted by Crippen LogP contribution is 2.43. The monoisotopic (exact) mass is 460 g/mol. The molecule has 1 rings (SSSR count). The van der Waals surface area contributed by atoms with Crippen LogP contribution in [0, 0.1) is 0 Å². The van der Waals surface area contributed by atoms with Crippen LogP contribution >= 0.6 is 79.6 Å². The lowest BCUT2D eigenvalue weighted by Gasteiger charge is -2.08. The second-order valence-electron chi connectivity index (χ2n) is 2.22. The van der Waals surface area contributed by atoms with Gasteiger partial charge in [-0.25, -0.2) is 0 Å². The quantitative estimate of drug-likeness (QED) is 0.478. The van der Waals surface area contributed by atoms with E-state index in [-0.39, 0.29) is 0 Å². The SMILES string of the molecule is BrC1C(Br)C(Br)C(Br)C1Br. The third-order valence-corrected chi connectivity index (χ3v) is 10.8. The van der Waals surface area contributed by atoms with Gasteiger partial charge in [-0.3, -0.25) is 0 Å². The van der Waals surface area contributed by atoms with E-state index in [9.17, 15) is 0 Å². The zero-order valence-corrected chi connectivity index (χ0v) is 12.7. The summed E-state index contributed by atoms with van der Waals surface area (Å²) in [5, 5.41) is 0. The number of hydrogen-bond donors (Lipinski definition) is 0. The summed E-state index contributed by atoms with van der Waals surface area (Å²) in [4.78, 5) is 2.44. The summed E-state index contributed by atoms with van der Waals surface area (Å²) >= 11 is 18.0. The molecule has 0 nitrogen and oxygen atoms in total. The Balaban J connectivity index is 2.68. The second kappa shape index (κ2) is 4.07. The summed E-state index contributed by atoms with van der Waals surface area (Å²) in [6.07, 6.45) is 0. The average Bonchev–Trinajstić information content (AvgIpc) is 2.07. The molecular weight excluding hydrogens is 460 g/mol. The molecule has 5 heteroatoms. The minimum atomic E-state index is 0.487. The number of rotatable bonds is 0. The van der Waals surface area contributed by atoms with Crippen LogP contribution < -0.4 is 0 Å². The summed E-state index contributed by atoms with van der Waals surface area (Å²) in [5.41, 5.74) is 0. The van der Waals surface area contributed by atoms with Crippen molar-refractivity contribution in [3.8, 4) is 0 Å². The molecule has 1 aliphatic rings. The zero-order chi connectivity index (χ0) is 7.89. The van der Waals surface area contributed by atoms with Gasteiger partial charge in [-0.2, -0.15) is 0 Å². The van der Waals surface area contributed by atoms with Crippen molar-refractivity contribution in [3.63, 3.8) is 0 Å². The Bertz CT molecular complexity index is 82.4. The fourth-order valence-corrected chi connectivity index (χ4v) is 6.21. The van der Waals surface area contributed by atoms with Gasteiger partial charge in [0.15, 0.2) is 0 Å². The van der Waals surface area contributed by atoms with E-state index in [0.717, 1.165) is 0 Å². The first-order valence-electron chi connectivity index (χ1n) is 2.76. The van der Waals surface area contributed by atoms with Gasteiger partial charge in [-0.05, 0) is 0 Å². The molecular formula is C5H5Br5. The first-order valence-corrected chi connectivity index (χ1v) is 7.34. The molecule has 60 valence electrons. The van der Waals surface area contributed by atoms with Gasteiger partial charge in [0.1, 0.15) is 0 Å². The molecule has 0 aromatic rings. The lowest BCUT2D eigenvalue weighted by Crippen LogP contribution is -2.16. The molecule has 0 atom stereocenters. The predicted molar refractivity (Wildman–Crippen MR) is 63.6 cm³/mol. The Hall–Kier alpha value is 2.40. The zero-order valence-electron chi connectivity index (χ0n) is 4.78. The second-order valence-corrected chi connectivity index (χ2v) is 7.51. The highest BCUT2D eigenvalue weighted by atomic mass is 79.9. The third-order valence-electron chi connectivity index (χ3n) is 1.52. The summed E-state index contributed by atoms with van der Waals surface area (Å²) in [6.45, 7) is 0. The van der Waals surface area contributed by atoms with Crippen molar-refractivity contribution >= 4 is 79.6 Å². The van der Waals surface area contributed by atoms with E-state index >= 15 is 0 Å². The van der Waals surface area contributed by atoms with Crippen LogP contribution in [0.25, 0.3) is 0 Å². The molecule has 1 aliphatic carbocycles. The normalized spacial score (nSPS) is 55.5. The first-order chi connectivity index (χ1) is 4.55. The maximum atomic E-state index is 3.60. The van der Waals surface area contributed by atoms with Gasteiger partial charge >= 0.3 is 0 Å². The van der Waals surface area contributed by atoms with Crippen LogP contribution in [0.5, 0.6) is 0 Å². The van der Waals surface area contributed by atoms with Gasteiger partial charge in [0.05, 0.1) is 0 Å². The van der Waals surface area contributed by atoms with Crippen LogP contribution in [0.4, 0.5) is 0 Å². The van der Waals surface area contributed by atoms with Gasteiger partial charge in [0, 0.05) is 24.1 Å². The highest BCUT2D eigenvalue weighted by molar-refractivity contribution is 9.16. The van der Waals surface area contributed by atoms with Gasteiger partial charge in [0.25, 0.3) is 0 Å². The third kappa shape index (κ3) is 1.83. The van der Waals surface area contributed by atoms with Crippen molar-refractivity contribution in [2.24, 2.45) is 0 Å². The molecule has 1 fully saturated rings. The fraction of sp³-hybridized carbons (Fsp3) is 1.00. The molecule has 10 heavy (non-hydrogen) atoms. The number of alkyl halides is 5. The molecule has 0 radical (unpaired) electrons. The van der Waals surface area contributed by atoms with E-state index in [1.165, 1.54) is 0 Å². The minimum absolute atomic E-state index is 0.487. The lowest BCUT2D eigenvalue weighted by molar-refractivity contribution is 0.988. The van der Waals surface area contributed by atoms with Crippen LogP contribution in [0.1, 0.15) is 0 Å². The van der Waals surface area contributed by atoms with Crippen molar-refractivity contribution < 1.29 is 0 Å². The van der Waals surface area contributed by atoms with Gasteiger partial charge < -0.3 is 0 Å². The van der Waals surface area contributed by atoms with Crippen LogP contribution in [0.15, 0.2) is 0 Å². The molecule has 0 aliphatic heterocycles. The van der Waals surface area contributed by atoms with E-state index < -0.39 is 0 Å². The number of hydrogen-bond acceptors (Lipinski definition) is 0.